The van der Waals surface area contributed by atoms with Crippen molar-refractivity contribution in [1.29, 1.82) is 0 Å². The highest BCUT2D eigenvalue weighted by atomic mass is 32.2. The van der Waals surface area contributed by atoms with Crippen LogP contribution >= 0.6 is 11.3 Å². The molecule has 1 aromatic heterocycles. The van der Waals surface area contributed by atoms with Crippen molar-refractivity contribution >= 4 is 27.3 Å². The minimum Gasteiger partial charge on any atom is -0.480 e. The normalized spacial score (nSPS) is 13.1. The Labute approximate surface area is 120 Å². The van der Waals surface area contributed by atoms with Gasteiger partial charge in [-0.25, -0.2) is 13.4 Å². The smallest absolute Gasteiger partial charge is 0.321 e. The largest absolute Gasteiger partial charge is 0.480 e. The van der Waals surface area contributed by atoms with Crippen LogP contribution in [0.2, 0.25) is 0 Å². The second kappa shape index (κ2) is 5.70. The number of nitrogens with zero attached hydrogens (tertiary/aromatic N) is 1. The van der Waals surface area contributed by atoms with Crippen LogP contribution in [0.25, 0.3) is 10.6 Å². The van der Waals surface area contributed by atoms with Crippen molar-refractivity contribution in [2.24, 2.45) is 0 Å². The Hall–Kier alpha value is -1.77. The third-order valence-electron chi connectivity index (χ3n) is 2.47. The maximum Gasteiger partial charge on any atom is 0.321 e. The molecule has 1 heterocycles. The molecule has 0 radical (unpaired) electrons. The number of aromatic nitrogens is 1. The summed E-state index contributed by atoms with van der Waals surface area (Å²) in [5.41, 5.74) is 0.810. The van der Waals surface area contributed by atoms with Crippen LogP contribution in [0.3, 0.4) is 0 Å². The highest BCUT2D eigenvalue weighted by Crippen LogP contribution is 2.27. The summed E-state index contributed by atoms with van der Waals surface area (Å²) in [5.74, 6) is -1.23. The van der Waals surface area contributed by atoms with E-state index in [-0.39, 0.29) is 4.21 Å². The molecule has 0 bridgehead atoms. The molecule has 106 valence electrons. The zero-order valence-electron chi connectivity index (χ0n) is 10.5. The fourth-order valence-electron chi connectivity index (χ4n) is 1.44. The molecule has 2 rings (SSSR count). The summed E-state index contributed by atoms with van der Waals surface area (Å²) in [4.78, 5) is 14.8. The molecule has 0 saturated carbocycles. The van der Waals surface area contributed by atoms with Crippen LogP contribution in [0.5, 0.6) is 0 Å². The molecule has 2 aromatic rings. The standard InChI is InChI=1S/C12H12N2O4S2/c1-8(12(15)16)14-20(17,18)10-7-13-11(19-10)9-5-3-2-4-6-9/h2-8,14H,1H3,(H,15,16)/t8-/m1/s1. The van der Waals surface area contributed by atoms with Crippen molar-refractivity contribution < 1.29 is 18.3 Å². The van der Waals surface area contributed by atoms with E-state index in [0.29, 0.717) is 5.01 Å². The Morgan fingerprint density at radius 1 is 1.35 bits per heavy atom. The number of thiazole rings is 1. The number of carbonyl (C=O) groups is 1. The summed E-state index contributed by atoms with van der Waals surface area (Å²) in [6.45, 7) is 1.26. The first-order valence-electron chi connectivity index (χ1n) is 5.66. The highest BCUT2D eigenvalue weighted by molar-refractivity contribution is 7.91. The molecule has 0 unspecified atom stereocenters. The first-order chi connectivity index (χ1) is 9.40. The zero-order chi connectivity index (χ0) is 14.8. The Kier molecular flexibility index (Phi) is 4.17. The van der Waals surface area contributed by atoms with Crippen LogP contribution < -0.4 is 4.72 Å². The van der Waals surface area contributed by atoms with E-state index in [9.17, 15) is 13.2 Å². The van der Waals surface area contributed by atoms with Crippen molar-refractivity contribution in [2.75, 3.05) is 0 Å². The molecule has 1 atom stereocenters. The van der Waals surface area contributed by atoms with Crippen molar-refractivity contribution in [1.82, 2.24) is 9.71 Å². The number of carboxylic acids is 1. The van der Waals surface area contributed by atoms with Gasteiger partial charge in [-0.1, -0.05) is 30.3 Å². The lowest BCUT2D eigenvalue weighted by molar-refractivity contribution is -0.138. The zero-order valence-corrected chi connectivity index (χ0v) is 12.1. The van der Waals surface area contributed by atoms with E-state index >= 15 is 0 Å². The van der Waals surface area contributed by atoms with Gasteiger partial charge in [0.05, 0.1) is 6.20 Å². The van der Waals surface area contributed by atoms with Crippen LogP contribution in [-0.2, 0) is 14.8 Å². The van der Waals surface area contributed by atoms with Crippen LogP contribution in [0.1, 0.15) is 6.92 Å². The molecule has 1 aromatic carbocycles. The molecule has 0 saturated heterocycles. The number of benzene rings is 1. The fourth-order valence-corrected chi connectivity index (χ4v) is 3.79. The van der Waals surface area contributed by atoms with Crippen molar-refractivity contribution in [3.63, 3.8) is 0 Å². The van der Waals surface area contributed by atoms with Crippen LogP contribution in [-0.4, -0.2) is 30.5 Å². The Morgan fingerprint density at radius 3 is 2.60 bits per heavy atom. The maximum atomic E-state index is 12.0. The minimum atomic E-state index is -3.87. The molecule has 0 spiro atoms. The van der Waals surface area contributed by atoms with E-state index in [1.807, 2.05) is 30.3 Å². The average molecular weight is 312 g/mol. The summed E-state index contributed by atoms with van der Waals surface area (Å²) in [6.07, 6.45) is 1.23. The van der Waals surface area contributed by atoms with Gasteiger partial charge in [-0.15, -0.1) is 11.3 Å². The number of nitrogens with one attached hydrogen (secondary N) is 1. The monoisotopic (exact) mass is 312 g/mol. The van der Waals surface area contributed by atoms with Gasteiger partial charge in [0, 0.05) is 5.56 Å². The van der Waals surface area contributed by atoms with Gasteiger partial charge in [0.15, 0.2) is 4.21 Å². The molecular formula is C12H12N2O4S2. The van der Waals surface area contributed by atoms with E-state index in [1.54, 1.807) is 0 Å². The third kappa shape index (κ3) is 3.21. The van der Waals surface area contributed by atoms with E-state index < -0.39 is 22.0 Å². The number of hydrogen-bond acceptors (Lipinski definition) is 5. The molecule has 0 amide bonds. The summed E-state index contributed by atoms with van der Waals surface area (Å²) >= 11 is 0.992. The third-order valence-corrected chi connectivity index (χ3v) is 5.52. The summed E-state index contributed by atoms with van der Waals surface area (Å²) < 4.78 is 26.0. The highest BCUT2D eigenvalue weighted by Gasteiger charge is 2.23. The van der Waals surface area contributed by atoms with Crippen molar-refractivity contribution in [3.05, 3.63) is 36.5 Å². The lowest BCUT2D eigenvalue weighted by Gasteiger charge is -2.07. The molecule has 20 heavy (non-hydrogen) atoms. The quantitative estimate of drug-likeness (QED) is 0.873. The van der Waals surface area contributed by atoms with Gasteiger partial charge < -0.3 is 5.11 Å². The predicted molar refractivity (Wildman–Crippen MR) is 75.0 cm³/mol. The number of carboxylic acid groups (broad SMARTS) is 1. The minimum absolute atomic E-state index is 0.00977. The molecule has 8 heteroatoms. The number of aliphatic carboxylic acids is 1. The predicted octanol–water partition coefficient (Wildman–Crippen LogP) is 1.56. The second-order valence-corrected chi connectivity index (χ2v) is 7.00. The van der Waals surface area contributed by atoms with Crippen molar-refractivity contribution in [2.45, 2.75) is 17.2 Å². The molecule has 0 aliphatic heterocycles. The first kappa shape index (κ1) is 14.6. The van der Waals surface area contributed by atoms with Crippen LogP contribution in [0, 0.1) is 0 Å². The van der Waals surface area contributed by atoms with Crippen LogP contribution in [0.4, 0.5) is 0 Å². The maximum absolute atomic E-state index is 12.0. The van der Waals surface area contributed by atoms with E-state index in [2.05, 4.69) is 9.71 Å². The first-order valence-corrected chi connectivity index (χ1v) is 7.96. The van der Waals surface area contributed by atoms with Crippen LogP contribution in [0.15, 0.2) is 40.7 Å². The van der Waals surface area contributed by atoms with E-state index in [1.165, 1.54) is 13.1 Å². The SMILES string of the molecule is C[C@@H](NS(=O)(=O)c1cnc(-c2ccccc2)s1)C(=O)O. The summed E-state index contributed by atoms with van der Waals surface area (Å²) in [5, 5.41) is 9.30. The average Bonchev–Trinajstić information content (AvgIpc) is 2.89. The molecule has 0 aliphatic rings. The van der Waals surface area contributed by atoms with Gasteiger partial charge in [-0.3, -0.25) is 4.79 Å². The number of rotatable bonds is 5. The fraction of sp³-hybridized carbons (Fsp3) is 0.167. The number of sulfonamides is 1. The Balaban J connectivity index is 2.27. The molecular weight excluding hydrogens is 300 g/mol. The summed E-state index contributed by atoms with van der Waals surface area (Å²) in [6, 6.07) is 7.96. The molecule has 0 fully saturated rings. The van der Waals surface area contributed by atoms with Gasteiger partial charge in [-0.05, 0) is 6.92 Å². The number of hydrogen-bond donors (Lipinski definition) is 2. The topological polar surface area (TPSA) is 96.4 Å². The Bertz CT molecular complexity index is 710. The van der Waals surface area contributed by atoms with Gasteiger partial charge in [0.25, 0.3) is 10.0 Å². The van der Waals surface area contributed by atoms with Gasteiger partial charge in [-0.2, -0.15) is 4.72 Å². The lowest BCUT2D eigenvalue weighted by atomic mass is 10.2. The lowest BCUT2D eigenvalue weighted by Crippen LogP contribution is -2.37. The summed E-state index contributed by atoms with van der Waals surface area (Å²) in [7, 11) is -3.87. The van der Waals surface area contributed by atoms with Gasteiger partial charge >= 0.3 is 5.97 Å². The van der Waals surface area contributed by atoms with E-state index in [0.717, 1.165) is 16.9 Å². The van der Waals surface area contributed by atoms with Crippen molar-refractivity contribution in [3.8, 4) is 10.6 Å². The molecule has 2 N–H and O–H groups in total. The van der Waals surface area contributed by atoms with Gasteiger partial charge in [0.1, 0.15) is 11.0 Å². The molecule has 0 aliphatic carbocycles. The molecule has 6 nitrogen and oxygen atoms in total. The Morgan fingerprint density at radius 2 is 2.00 bits per heavy atom. The van der Waals surface area contributed by atoms with Gasteiger partial charge in [0.2, 0.25) is 0 Å². The second-order valence-electron chi connectivity index (χ2n) is 4.03. The van der Waals surface area contributed by atoms with E-state index in [4.69, 9.17) is 5.11 Å².